The Morgan fingerprint density at radius 2 is 1.58 bits per heavy atom. The molecule has 0 radical (unpaired) electrons. The van der Waals surface area contributed by atoms with Crippen LogP contribution in [0.1, 0.15) is 53.0 Å². The maximum Gasteiger partial charge on any atom is 0.270 e. The molecule has 9 heteroatoms. The minimum absolute atomic E-state index is 0.0945. The number of aromatic amines is 1. The second-order valence-corrected chi connectivity index (χ2v) is 9.89. The lowest BCUT2D eigenvalue weighted by Crippen LogP contribution is -2.35. The minimum atomic E-state index is -3.49. The first kappa shape index (κ1) is 21.6. The highest BCUT2D eigenvalue weighted by Crippen LogP contribution is 2.23. The Hall–Kier alpha value is -2.65. The third-order valence-corrected chi connectivity index (χ3v) is 7.69. The number of benzene rings is 1. The second-order valence-electron chi connectivity index (χ2n) is 7.95. The third kappa shape index (κ3) is 4.83. The number of Topliss-reactive ketones (excluding diaryl/α,β-unsaturated/α-hetero) is 1. The van der Waals surface area contributed by atoms with Crippen LogP contribution < -0.4 is 4.74 Å². The van der Waals surface area contributed by atoms with Gasteiger partial charge in [-0.2, -0.15) is 4.31 Å². The zero-order valence-electron chi connectivity index (χ0n) is 17.4. The Labute approximate surface area is 182 Å². The van der Waals surface area contributed by atoms with E-state index in [0.29, 0.717) is 30.1 Å². The largest absolute Gasteiger partial charge is 0.485 e. The molecule has 0 bridgehead atoms. The molecule has 1 amide bonds. The summed E-state index contributed by atoms with van der Waals surface area (Å²) in [4.78, 5) is 29.7. The smallest absolute Gasteiger partial charge is 0.270 e. The Morgan fingerprint density at radius 1 is 0.935 bits per heavy atom. The molecule has 1 N–H and O–H groups in total. The number of carbonyl (C=O) groups excluding carboxylic acids is 2. The molecular weight excluding hydrogens is 418 g/mol. The highest BCUT2D eigenvalue weighted by Gasteiger charge is 2.26. The van der Waals surface area contributed by atoms with Gasteiger partial charge < -0.3 is 14.6 Å². The van der Waals surface area contributed by atoms with E-state index >= 15 is 0 Å². The predicted molar refractivity (Wildman–Crippen MR) is 115 cm³/mol. The van der Waals surface area contributed by atoms with Gasteiger partial charge in [-0.15, -0.1) is 0 Å². The molecule has 0 saturated carbocycles. The van der Waals surface area contributed by atoms with Crippen LogP contribution in [0.2, 0.25) is 0 Å². The summed E-state index contributed by atoms with van der Waals surface area (Å²) in [7, 11) is -3.49. The first-order chi connectivity index (χ1) is 14.9. The van der Waals surface area contributed by atoms with E-state index in [4.69, 9.17) is 4.74 Å². The standard InChI is InChI=1S/C22H27N3O5S/c26-21(17-14-20(23-15-17)22(27)24-10-4-5-11-24)16-30-18-6-8-19(9-7-18)31(28,29)25-12-2-1-3-13-25/h6-9,14-15,23H,1-5,10-13,16H2. The average Bonchev–Trinajstić information content (AvgIpc) is 3.50. The molecule has 0 atom stereocenters. The zero-order valence-corrected chi connectivity index (χ0v) is 18.2. The summed E-state index contributed by atoms with van der Waals surface area (Å²) < 4.78 is 32.5. The molecule has 0 aliphatic carbocycles. The number of H-pyrrole nitrogens is 1. The topological polar surface area (TPSA) is 99.8 Å². The zero-order chi connectivity index (χ0) is 21.8. The van der Waals surface area contributed by atoms with Crippen molar-refractivity contribution in [2.45, 2.75) is 37.0 Å². The van der Waals surface area contributed by atoms with E-state index in [1.807, 2.05) is 0 Å². The van der Waals surface area contributed by atoms with Crippen molar-refractivity contribution < 1.29 is 22.7 Å². The maximum absolute atomic E-state index is 12.7. The van der Waals surface area contributed by atoms with E-state index in [0.717, 1.165) is 45.2 Å². The predicted octanol–water partition coefficient (Wildman–Crippen LogP) is 2.69. The van der Waals surface area contributed by atoms with Gasteiger partial charge in [0.1, 0.15) is 11.4 Å². The molecule has 4 rings (SSSR count). The number of ether oxygens (including phenoxy) is 1. The van der Waals surface area contributed by atoms with E-state index in [1.165, 1.54) is 22.6 Å². The molecule has 0 unspecified atom stereocenters. The normalized spacial score (nSPS) is 17.6. The Balaban J connectivity index is 1.34. The van der Waals surface area contributed by atoms with E-state index in [2.05, 4.69) is 4.98 Å². The van der Waals surface area contributed by atoms with Crippen LogP contribution in [0.5, 0.6) is 5.75 Å². The van der Waals surface area contributed by atoms with E-state index in [-0.39, 0.29) is 23.2 Å². The molecule has 31 heavy (non-hydrogen) atoms. The molecule has 166 valence electrons. The molecule has 2 fully saturated rings. The summed E-state index contributed by atoms with van der Waals surface area (Å²) in [5, 5.41) is 0. The van der Waals surface area contributed by atoms with Crippen molar-refractivity contribution in [3.63, 3.8) is 0 Å². The average molecular weight is 446 g/mol. The van der Waals surface area contributed by atoms with Crippen LogP contribution in [-0.2, 0) is 10.0 Å². The lowest BCUT2D eigenvalue weighted by molar-refractivity contribution is 0.0787. The maximum atomic E-state index is 12.7. The number of likely N-dealkylation sites (tertiary alicyclic amines) is 1. The molecule has 8 nitrogen and oxygen atoms in total. The number of rotatable bonds is 7. The molecule has 1 aromatic heterocycles. The monoisotopic (exact) mass is 445 g/mol. The lowest BCUT2D eigenvalue weighted by Gasteiger charge is -2.25. The first-order valence-electron chi connectivity index (χ1n) is 10.7. The lowest BCUT2D eigenvalue weighted by atomic mass is 10.2. The summed E-state index contributed by atoms with van der Waals surface area (Å²) in [6.07, 6.45) is 6.35. The van der Waals surface area contributed by atoms with Gasteiger partial charge in [0.2, 0.25) is 15.8 Å². The summed E-state index contributed by atoms with van der Waals surface area (Å²) >= 11 is 0. The quantitative estimate of drug-likeness (QED) is 0.661. The second kappa shape index (κ2) is 9.23. The number of hydrogen-bond donors (Lipinski definition) is 1. The van der Waals surface area contributed by atoms with Crippen molar-refractivity contribution in [1.82, 2.24) is 14.2 Å². The molecule has 2 aliphatic heterocycles. The van der Waals surface area contributed by atoms with Crippen molar-refractivity contribution in [2.24, 2.45) is 0 Å². The Kier molecular flexibility index (Phi) is 6.43. The van der Waals surface area contributed by atoms with Crippen molar-refractivity contribution >= 4 is 21.7 Å². The number of ketones is 1. The number of carbonyl (C=O) groups is 2. The summed E-state index contributed by atoms with van der Waals surface area (Å²) in [5.41, 5.74) is 0.782. The van der Waals surface area contributed by atoms with Crippen LogP contribution >= 0.6 is 0 Å². The fraction of sp³-hybridized carbons (Fsp3) is 0.455. The van der Waals surface area contributed by atoms with Gasteiger partial charge in [-0.25, -0.2) is 8.42 Å². The van der Waals surface area contributed by atoms with Crippen molar-refractivity contribution in [2.75, 3.05) is 32.8 Å². The van der Waals surface area contributed by atoms with Crippen LogP contribution in [0.4, 0.5) is 0 Å². The van der Waals surface area contributed by atoms with Crippen molar-refractivity contribution in [3.8, 4) is 5.75 Å². The van der Waals surface area contributed by atoms with Crippen LogP contribution in [0.25, 0.3) is 0 Å². The van der Waals surface area contributed by atoms with Crippen LogP contribution in [0.3, 0.4) is 0 Å². The molecule has 3 heterocycles. The van der Waals surface area contributed by atoms with Gasteiger partial charge >= 0.3 is 0 Å². The van der Waals surface area contributed by atoms with Crippen molar-refractivity contribution in [3.05, 3.63) is 47.8 Å². The van der Waals surface area contributed by atoms with Gasteiger partial charge in [-0.05, 0) is 56.0 Å². The summed E-state index contributed by atoms with van der Waals surface area (Å²) in [6.45, 7) is 2.39. The fourth-order valence-corrected chi connectivity index (χ4v) is 5.48. The SMILES string of the molecule is O=C(COc1ccc(S(=O)(=O)N2CCCCC2)cc1)c1c[nH]c(C(=O)N2CCCC2)c1. The van der Waals surface area contributed by atoms with E-state index in [1.54, 1.807) is 23.1 Å². The van der Waals surface area contributed by atoms with Crippen LogP contribution in [0, 0.1) is 0 Å². The first-order valence-corrected chi connectivity index (χ1v) is 12.1. The molecule has 2 saturated heterocycles. The molecule has 2 aliphatic rings. The molecular formula is C22H27N3O5S. The van der Waals surface area contributed by atoms with E-state index < -0.39 is 10.0 Å². The molecule has 2 aromatic rings. The van der Waals surface area contributed by atoms with Gasteiger partial charge in [0.05, 0.1) is 4.90 Å². The number of sulfonamides is 1. The summed E-state index contributed by atoms with van der Waals surface area (Å²) in [5.74, 6) is 0.0551. The third-order valence-electron chi connectivity index (χ3n) is 5.78. The Morgan fingerprint density at radius 3 is 2.26 bits per heavy atom. The van der Waals surface area contributed by atoms with Crippen LogP contribution in [0.15, 0.2) is 41.4 Å². The van der Waals surface area contributed by atoms with Gasteiger partial charge in [-0.1, -0.05) is 6.42 Å². The van der Waals surface area contributed by atoms with Gasteiger partial charge in [0, 0.05) is 37.9 Å². The van der Waals surface area contributed by atoms with Gasteiger partial charge in [0.25, 0.3) is 5.91 Å². The number of aromatic nitrogens is 1. The number of piperidine rings is 1. The number of hydrogen-bond acceptors (Lipinski definition) is 5. The fourth-order valence-electron chi connectivity index (χ4n) is 3.96. The highest BCUT2D eigenvalue weighted by molar-refractivity contribution is 7.89. The van der Waals surface area contributed by atoms with Crippen molar-refractivity contribution in [1.29, 1.82) is 0 Å². The number of amides is 1. The van der Waals surface area contributed by atoms with Gasteiger partial charge in [0.15, 0.2) is 6.61 Å². The van der Waals surface area contributed by atoms with Crippen LogP contribution in [-0.4, -0.2) is 67.1 Å². The molecule has 0 spiro atoms. The Bertz CT molecular complexity index is 1030. The summed E-state index contributed by atoms with van der Waals surface area (Å²) in [6, 6.07) is 7.69. The minimum Gasteiger partial charge on any atom is -0.485 e. The van der Waals surface area contributed by atoms with E-state index in [9.17, 15) is 18.0 Å². The highest BCUT2D eigenvalue weighted by atomic mass is 32.2. The number of nitrogens with one attached hydrogen (secondary N) is 1. The van der Waals surface area contributed by atoms with Gasteiger partial charge in [-0.3, -0.25) is 9.59 Å². The molecule has 1 aromatic carbocycles. The number of nitrogens with zero attached hydrogens (tertiary/aromatic N) is 2.